The number of carbonyl (C=O) groups is 2. The van der Waals surface area contributed by atoms with Crippen LogP contribution in [0.15, 0.2) is 24.3 Å². The zero-order chi connectivity index (χ0) is 18.2. The third kappa shape index (κ3) is 5.74. The molecular formula is C19H30N3O3+. The van der Waals surface area contributed by atoms with Crippen LogP contribution in [-0.2, 0) is 9.59 Å². The monoisotopic (exact) mass is 348 g/mol. The summed E-state index contributed by atoms with van der Waals surface area (Å²) in [7, 11) is 3.49. The van der Waals surface area contributed by atoms with Crippen LogP contribution < -0.4 is 15.0 Å². The smallest absolute Gasteiger partial charge is 0.279 e. The number of quaternary nitrogens is 1. The predicted octanol–water partition coefficient (Wildman–Crippen LogP) is 0.940. The number of nitrogens with zero attached hydrogens (tertiary/aromatic N) is 1. The van der Waals surface area contributed by atoms with Crippen LogP contribution in [0.1, 0.15) is 32.6 Å². The molecule has 1 aliphatic heterocycles. The zero-order valence-corrected chi connectivity index (χ0v) is 15.5. The van der Waals surface area contributed by atoms with Gasteiger partial charge in [0.25, 0.3) is 11.8 Å². The summed E-state index contributed by atoms with van der Waals surface area (Å²) in [6.07, 6.45) is 4.39. The minimum Gasteiger partial charge on any atom is -0.497 e. The number of piperidine rings is 1. The van der Waals surface area contributed by atoms with E-state index in [1.54, 1.807) is 31.4 Å². The third-order valence-corrected chi connectivity index (χ3v) is 4.71. The quantitative estimate of drug-likeness (QED) is 0.771. The first kappa shape index (κ1) is 19.2. The summed E-state index contributed by atoms with van der Waals surface area (Å²) in [5.41, 5.74) is 0.729. The predicted molar refractivity (Wildman–Crippen MR) is 97.9 cm³/mol. The summed E-state index contributed by atoms with van der Waals surface area (Å²) in [6, 6.07) is 7.57. The van der Waals surface area contributed by atoms with Gasteiger partial charge < -0.3 is 19.9 Å². The molecule has 2 amide bonds. The Morgan fingerprint density at radius 1 is 1.24 bits per heavy atom. The molecule has 2 N–H and O–H groups in total. The van der Waals surface area contributed by atoms with Gasteiger partial charge in [-0.05, 0) is 49.9 Å². The minimum atomic E-state index is -0.0962. The minimum absolute atomic E-state index is 0.0962. The molecule has 2 rings (SSSR count). The molecule has 1 unspecified atom stereocenters. The lowest BCUT2D eigenvalue weighted by Gasteiger charge is -2.35. The van der Waals surface area contributed by atoms with E-state index in [-0.39, 0.29) is 18.4 Å². The zero-order valence-electron chi connectivity index (χ0n) is 15.5. The molecule has 2 atom stereocenters. The molecule has 138 valence electrons. The highest BCUT2D eigenvalue weighted by Crippen LogP contribution is 2.19. The topological polar surface area (TPSA) is 63.1 Å². The highest BCUT2D eigenvalue weighted by molar-refractivity contribution is 5.91. The van der Waals surface area contributed by atoms with Gasteiger partial charge in [-0.3, -0.25) is 9.59 Å². The van der Waals surface area contributed by atoms with E-state index >= 15 is 0 Å². The summed E-state index contributed by atoms with van der Waals surface area (Å²) < 4.78 is 5.10. The first-order valence-electron chi connectivity index (χ1n) is 9.08. The maximum absolute atomic E-state index is 12.5. The molecule has 0 aromatic heterocycles. The fraction of sp³-hybridized carbons (Fsp3) is 0.579. The second-order valence-electron chi connectivity index (χ2n) is 6.73. The summed E-state index contributed by atoms with van der Waals surface area (Å²) in [6.45, 7) is 3.60. The highest BCUT2D eigenvalue weighted by Gasteiger charge is 2.27. The molecule has 6 nitrogen and oxygen atoms in total. The van der Waals surface area contributed by atoms with Crippen molar-refractivity contribution in [2.45, 2.75) is 38.6 Å². The molecule has 1 aliphatic rings. The number of rotatable bonds is 7. The van der Waals surface area contributed by atoms with E-state index in [0.29, 0.717) is 12.6 Å². The Bertz CT molecular complexity index is 574. The number of nitrogens with one attached hydrogen (secondary N) is 2. The Balaban J connectivity index is 1.80. The Labute approximate surface area is 150 Å². The van der Waals surface area contributed by atoms with E-state index in [1.807, 2.05) is 11.9 Å². The van der Waals surface area contributed by atoms with E-state index in [4.69, 9.17) is 4.74 Å². The van der Waals surface area contributed by atoms with Crippen molar-refractivity contribution in [1.82, 2.24) is 4.90 Å². The van der Waals surface area contributed by atoms with Crippen LogP contribution in [0.5, 0.6) is 5.75 Å². The van der Waals surface area contributed by atoms with Crippen LogP contribution in [0.3, 0.4) is 0 Å². The lowest BCUT2D eigenvalue weighted by Crippen LogP contribution is -3.11. The lowest BCUT2D eigenvalue weighted by molar-refractivity contribution is -0.862. The number of anilines is 1. The summed E-state index contributed by atoms with van der Waals surface area (Å²) >= 11 is 0. The van der Waals surface area contributed by atoms with Crippen molar-refractivity contribution in [3.05, 3.63) is 24.3 Å². The van der Waals surface area contributed by atoms with Crippen LogP contribution in [0.2, 0.25) is 0 Å². The SMILES string of the molecule is CC[C@@H]1CCCCN1C(=O)C[NH+](C)CC(=O)Nc1ccc(OC)cc1. The van der Waals surface area contributed by atoms with Gasteiger partial charge >= 0.3 is 0 Å². The van der Waals surface area contributed by atoms with Crippen LogP contribution >= 0.6 is 0 Å². The van der Waals surface area contributed by atoms with Crippen LogP contribution in [0.4, 0.5) is 5.69 Å². The molecule has 0 saturated carbocycles. The Kier molecular flexibility index (Phi) is 7.25. The summed E-state index contributed by atoms with van der Waals surface area (Å²) in [4.78, 5) is 27.6. The van der Waals surface area contributed by atoms with Crippen LogP contribution in [0.25, 0.3) is 0 Å². The average molecular weight is 348 g/mol. The second-order valence-corrected chi connectivity index (χ2v) is 6.73. The second kappa shape index (κ2) is 9.42. The molecule has 25 heavy (non-hydrogen) atoms. The van der Waals surface area contributed by atoms with Crippen molar-refractivity contribution in [3.8, 4) is 5.75 Å². The number of likely N-dealkylation sites (N-methyl/N-ethyl adjacent to an activating group) is 1. The summed E-state index contributed by atoms with van der Waals surface area (Å²) in [5, 5.41) is 2.86. The number of ether oxygens (including phenoxy) is 1. The number of hydrogen-bond donors (Lipinski definition) is 2. The van der Waals surface area contributed by atoms with Gasteiger partial charge in [-0.15, -0.1) is 0 Å². The Morgan fingerprint density at radius 3 is 2.60 bits per heavy atom. The van der Waals surface area contributed by atoms with Crippen LogP contribution in [0, 0.1) is 0 Å². The first-order valence-corrected chi connectivity index (χ1v) is 9.08. The van der Waals surface area contributed by atoms with Crippen molar-refractivity contribution in [3.63, 3.8) is 0 Å². The molecule has 0 aliphatic carbocycles. The molecule has 1 aromatic rings. The van der Waals surface area contributed by atoms with Gasteiger partial charge in [0, 0.05) is 18.3 Å². The molecule has 6 heteroatoms. The van der Waals surface area contributed by atoms with E-state index in [2.05, 4.69) is 12.2 Å². The molecule has 0 radical (unpaired) electrons. The fourth-order valence-electron chi connectivity index (χ4n) is 3.33. The number of carbonyl (C=O) groups excluding carboxylic acids is 2. The van der Waals surface area contributed by atoms with Crippen molar-refractivity contribution in [1.29, 1.82) is 0 Å². The van der Waals surface area contributed by atoms with Gasteiger partial charge in [0.15, 0.2) is 13.1 Å². The normalized spacial score (nSPS) is 18.5. The fourth-order valence-corrected chi connectivity index (χ4v) is 3.33. The van der Waals surface area contributed by atoms with Crippen LogP contribution in [-0.4, -0.2) is 56.5 Å². The lowest BCUT2D eigenvalue weighted by atomic mass is 10.00. The van der Waals surface area contributed by atoms with Gasteiger partial charge in [-0.2, -0.15) is 0 Å². The molecule has 1 fully saturated rings. The van der Waals surface area contributed by atoms with Gasteiger partial charge in [0.1, 0.15) is 5.75 Å². The molecule has 0 bridgehead atoms. The number of likely N-dealkylation sites (tertiary alicyclic amines) is 1. The summed E-state index contributed by atoms with van der Waals surface area (Å²) in [5.74, 6) is 0.806. The maximum Gasteiger partial charge on any atom is 0.279 e. The van der Waals surface area contributed by atoms with Gasteiger partial charge in [-0.25, -0.2) is 0 Å². The van der Waals surface area contributed by atoms with E-state index < -0.39 is 0 Å². The number of hydrogen-bond acceptors (Lipinski definition) is 3. The van der Waals surface area contributed by atoms with E-state index in [1.165, 1.54) is 6.42 Å². The van der Waals surface area contributed by atoms with E-state index in [9.17, 15) is 9.59 Å². The number of benzene rings is 1. The standard InChI is InChI=1S/C19H29N3O3/c1-4-16-7-5-6-12-22(16)19(24)14-21(2)13-18(23)20-15-8-10-17(25-3)11-9-15/h8-11,16H,4-7,12-14H2,1-3H3,(H,20,23)/p+1/t16-/m1/s1. The van der Waals surface area contributed by atoms with E-state index in [0.717, 1.165) is 42.1 Å². The highest BCUT2D eigenvalue weighted by atomic mass is 16.5. The average Bonchev–Trinajstić information content (AvgIpc) is 2.62. The van der Waals surface area contributed by atoms with Crippen molar-refractivity contribution in [2.24, 2.45) is 0 Å². The molecular weight excluding hydrogens is 318 g/mol. The number of amides is 2. The molecule has 1 saturated heterocycles. The van der Waals surface area contributed by atoms with Gasteiger partial charge in [0.05, 0.1) is 14.2 Å². The molecule has 1 aromatic carbocycles. The largest absolute Gasteiger partial charge is 0.497 e. The van der Waals surface area contributed by atoms with Crippen molar-refractivity contribution in [2.75, 3.05) is 39.1 Å². The van der Waals surface area contributed by atoms with Crippen molar-refractivity contribution < 1.29 is 19.2 Å². The first-order chi connectivity index (χ1) is 12.0. The number of methoxy groups -OCH3 is 1. The van der Waals surface area contributed by atoms with Gasteiger partial charge in [-0.1, -0.05) is 6.92 Å². The molecule has 1 heterocycles. The van der Waals surface area contributed by atoms with Gasteiger partial charge in [0.2, 0.25) is 0 Å². The third-order valence-electron chi connectivity index (χ3n) is 4.71. The van der Waals surface area contributed by atoms with Crippen molar-refractivity contribution >= 4 is 17.5 Å². The molecule has 0 spiro atoms. The maximum atomic E-state index is 12.5. The Morgan fingerprint density at radius 2 is 1.96 bits per heavy atom. The Hall–Kier alpha value is -2.08.